The Morgan fingerprint density at radius 2 is 2.26 bits per heavy atom. The van der Waals surface area contributed by atoms with Gasteiger partial charge in [0.05, 0.1) is 0 Å². The number of rotatable bonds is 5. The summed E-state index contributed by atoms with van der Waals surface area (Å²) in [4.78, 5) is 25.2. The normalized spacial score (nSPS) is 14.0. The SMILES string of the molecule is CCNC(=O)N(CC(=O)Nc1cc(C)on1)C1CC1. The van der Waals surface area contributed by atoms with Gasteiger partial charge in [0.25, 0.3) is 0 Å². The lowest BCUT2D eigenvalue weighted by Gasteiger charge is -2.21. The van der Waals surface area contributed by atoms with Gasteiger partial charge in [-0.1, -0.05) is 5.16 Å². The molecular weight excluding hydrogens is 248 g/mol. The number of carbonyl (C=O) groups excluding carboxylic acids is 2. The summed E-state index contributed by atoms with van der Waals surface area (Å²) >= 11 is 0. The third-order valence-electron chi connectivity index (χ3n) is 2.79. The van der Waals surface area contributed by atoms with E-state index in [4.69, 9.17) is 4.52 Å². The summed E-state index contributed by atoms with van der Waals surface area (Å²) < 4.78 is 4.86. The van der Waals surface area contributed by atoms with E-state index in [1.54, 1.807) is 17.9 Å². The molecule has 0 saturated heterocycles. The standard InChI is InChI=1S/C12H18N4O3/c1-3-13-12(18)16(9-4-5-9)7-11(17)14-10-6-8(2)19-15-10/h6,9H,3-5,7H2,1-2H3,(H,13,18)(H,14,15,17). The van der Waals surface area contributed by atoms with Crippen molar-refractivity contribution in [1.29, 1.82) is 0 Å². The molecule has 19 heavy (non-hydrogen) atoms. The predicted molar refractivity (Wildman–Crippen MR) is 68.7 cm³/mol. The third kappa shape index (κ3) is 3.70. The molecule has 0 unspecified atom stereocenters. The molecule has 1 aliphatic rings. The number of hydrogen-bond acceptors (Lipinski definition) is 4. The van der Waals surface area contributed by atoms with Crippen LogP contribution in [0.25, 0.3) is 0 Å². The Morgan fingerprint density at radius 1 is 1.53 bits per heavy atom. The number of nitrogens with one attached hydrogen (secondary N) is 2. The van der Waals surface area contributed by atoms with E-state index in [0.717, 1.165) is 12.8 Å². The second-order valence-electron chi connectivity index (χ2n) is 4.57. The molecule has 1 aromatic rings. The molecule has 7 heteroatoms. The molecule has 7 nitrogen and oxygen atoms in total. The van der Waals surface area contributed by atoms with Gasteiger partial charge in [-0.15, -0.1) is 0 Å². The lowest BCUT2D eigenvalue weighted by Crippen LogP contribution is -2.45. The van der Waals surface area contributed by atoms with Crippen molar-refractivity contribution in [2.24, 2.45) is 0 Å². The minimum Gasteiger partial charge on any atom is -0.360 e. The Balaban J connectivity index is 1.89. The molecule has 0 radical (unpaired) electrons. The minimum atomic E-state index is -0.272. The van der Waals surface area contributed by atoms with E-state index in [-0.39, 0.29) is 24.5 Å². The molecule has 1 saturated carbocycles. The maximum atomic E-state index is 11.9. The van der Waals surface area contributed by atoms with Crippen molar-refractivity contribution in [2.45, 2.75) is 32.7 Å². The molecule has 0 aromatic carbocycles. The van der Waals surface area contributed by atoms with Gasteiger partial charge in [0, 0.05) is 18.7 Å². The number of hydrogen-bond donors (Lipinski definition) is 2. The molecule has 3 amide bonds. The fourth-order valence-electron chi connectivity index (χ4n) is 1.77. The van der Waals surface area contributed by atoms with Crippen molar-refractivity contribution in [3.05, 3.63) is 11.8 Å². The highest BCUT2D eigenvalue weighted by Gasteiger charge is 2.33. The van der Waals surface area contributed by atoms with Crippen LogP contribution in [-0.2, 0) is 4.79 Å². The van der Waals surface area contributed by atoms with Crippen LogP contribution in [0.4, 0.5) is 10.6 Å². The Kier molecular flexibility index (Phi) is 4.03. The lowest BCUT2D eigenvalue weighted by atomic mass is 10.4. The Bertz CT molecular complexity index is 467. The fourth-order valence-corrected chi connectivity index (χ4v) is 1.77. The molecule has 1 fully saturated rings. The lowest BCUT2D eigenvalue weighted by molar-refractivity contribution is -0.116. The van der Waals surface area contributed by atoms with Crippen molar-refractivity contribution in [1.82, 2.24) is 15.4 Å². The van der Waals surface area contributed by atoms with E-state index in [9.17, 15) is 9.59 Å². The van der Waals surface area contributed by atoms with Crippen molar-refractivity contribution in [3.8, 4) is 0 Å². The first-order valence-electron chi connectivity index (χ1n) is 6.37. The molecule has 104 valence electrons. The van der Waals surface area contributed by atoms with Crippen LogP contribution in [0, 0.1) is 6.92 Å². The smallest absolute Gasteiger partial charge is 0.318 e. The molecule has 0 aliphatic heterocycles. The van der Waals surface area contributed by atoms with Crippen LogP contribution in [0.15, 0.2) is 10.6 Å². The van der Waals surface area contributed by atoms with E-state index in [0.29, 0.717) is 18.1 Å². The first kappa shape index (κ1) is 13.4. The molecule has 1 aromatic heterocycles. The van der Waals surface area contributed by atoms with Gasteiger partial charge in [0.15, 0.2) is 5.82 Å². The van der Waals surface area contributed by atoms with Crippen LogP contribution < -0.4 is 10.6 Å². The van der Waals surface area contributed by atoms with Gasteiger partial charge in [0.1, 0.15) is 12.3 Å². The molecular formula is C12H18N4O3. The highest BCUT2D eigenvalue weighted by atomic mass is 16.5. The number of aryl methyl sites for hydroxylation is 1. The van der Waals surface area contributed by atoms with Gasteiger partial charge >= 0.3 is 6.03 Å². The van der Waals surface area contributed by atoms with Gasteiger partial charge in [-0.25, -0.2) is 4.79 Å². The van der Waals surface area contributed by atoms with Gasteiger partial charge in [-0.2, -0.15) is 0 Å². The minimum absolute atomic E-state index is 0.0302. The summed E-state index contributed by atoms with van der Waals surface area (Å²) in [6, 6.07) is 1.61. The summed E-state index contributed by atoms with van der Waals surface area (Å²) in [6.07, 6.45) is 1.90. The second kappa shape index (κ2) is 5.73. The van der Waals surface area contributed by atoms with Gasteiger partial charge in [-0.05, 0) is 26.7 Å². The highest BCUT2D eigenvalue weighted by molar-refractivity contribution is 5.93. The van der Waals surface area contributed by atoms with Crippen LogP contribution >= 0.6 is 0 Å². The van der Waals surface area contributed by atoms with E-state index in [2.05, 4.69) is 15.8 Å². The predicted octanol–water partition coefficient (Wildman–Crippen LogP) is 1.12. The van der Waals surface area contributed by atoms with Crippen molar-refractivity contribution in [3.63, 3.8) is 0 Å². The van der Waals surface area contributed by atoms with E-state index >= 15 is 0 Å². The summed E-state index contributed by atoms with van der Waals surface area (Å²) in [7, 11) is 0. The van der Waals surface area contributed by atoms with E-state index in [1.165, 1.54) is 0 Å². The largest absolute Gasteiger partial charge is 0.360 e. The van der Waals surface area contributed by atoms with E-state index in [1.807, 2.05) is 6.92 Å². The average molecular weight is 266 g/mol. The van der Waals surface area contributed by atoms with Crippen molar-refractivity contribution in [2.75, 3.05) is 18.4 Å². The molecule has 2 N–H and O–H groups in total. The van der Waals surface area contributed by atoms with Crippen LogP contribution in [-0.4, -0.2) is 41.1 Å². The molecule has 1 aliphatic carbocycles. The van der Waals surface area contributed by atoms with Crippen LogP contribution in [0.3, 0.4) is 0 Å². The zero-order chi connectivity index (χ0) is 13.8. The van der Waals surface area contributed by atoms with Crippen molar-refractivity contribution >= 4 is 17.8 Å². The van der Waals surface area contributed by atoms with Gasteiger partial charge in [0.2, 0.25) is 5.91 Å². The monoisotopic (exact) mass is 266 g/mol. The number of carbonyl (C=O) groups is 2. The van der Waals surface area contributed by atoms with Crippen LogP contribution in [0.1, 0.15) is 25.5 Å². The number of urea groups is 1. The average Bonchev–Trinajstić information content (AvgIpc) is 3.11. The third-order valence-corrected chi connectivity index (χ3v) is 2.79. The molecule has 0 bridgehead atoms. The Morgan fingerprint density at radius 3 is 2.79 bits per heavy atom. The number of amides is 3. The highest BCUT2D eigenvalue weighted by Crippen LogP contribution is 2.26. The second-order valence-corrected chi connectivity index (χ2v) is 4.57. The maximum Gasteiger partial charge on any atom is 0.318 e. The summed E-state index contributed by atoms with van der Waals surface area (Å²) in [5, 5.41) is 9.00. The maximum absolute atomic E-state index is 11.9. The van der Waals surface area contributed by atoms with Gasteiger partial charge in [-0.3, -0.25) is 4.79 Å². The van der Waals surface area contributed by atoms with Crippen LogP contribution in [0.5, 0.6) is 0 Å². The number of aromatic nitrogens is 1. The molecule has 0 spiro atoms. The fraction of sp³-hybridized carbons (Fsp3) is 0.583. The Hall–Kier alpha value is -2.05. The number of anilines is 1. The zero-order valence-electron chi connectivity index (χ0n) is 11.1. The molecule has 1 heterocycles. The topological polar surface area (TPSA) is 87.5 Å². The molecule has 2 rings (SSSR count). The first-order chi connectivity index (χ1) is 9.10. The molecule has 0 atom stereocenters. The van der Waals surface area contributed by atoms with Crippen molar-refractivity contribution < 1.29 is 14.1 Å². The Labute approximate surface area is 111 Å². The quantitative estimate of drug-likeness (QED) is 0.835. The van der Waals surface area contributed by atoms with Crippen LogP contribution in [0.2, 0.25) is 0 Å². The zero-order valence-corrected chi connectivity index (χ0v) is 11.1. The summed E-state index contributed by atoms with van der Waals surface area (Å²) in [6.45, 7) is 4.17. The number of nitrogens with zero attached hydrogens (tertiary/aromatic N) is 2. The van der Waals surface area contributed by atoms with Gasteiger partial charge < -0.3 is 20.1 Å². The summed E-state index contributed by atoms with van der Waals surface area (Å²) in [5.41, 5.74) is 0. The summed E-state index contributed by atoms with van der Waals surface area (Å²) in [5.74, 6) is 0.721. The van der Waals surface area contributed by atoms with E-state index < -0.39 is 0 Å². The first-order valence-corrected chi connectivity index (χ1v) is 6.37.